The van der Waals surface area contributed by atoms with E-state index in [-0.39, 0.29) is 17.5 Å². The average molecular weight is 358 g/mol. The first kappa shape index (κ1) is 16.8. The molecular formula is C21H18N4O2. The summed E-state index contributed by atoms with van der Waals surface area (Å²) < 4.78 is 1.91. The van der Waals surface area contributed by atoms with E-state index < -0.39 is 0 Å². The van der Waals surface area contributed by atoms with Crippen LogP contribution < -0.4 is 10.9 Å². The summed E-state index contributed by atoms with van der Waals surface area (Å²) in [5, 5.41) is 3.78. The molecule has 4 rings (SSSR count). The van der Waals surface area contributed by atoms with E-state index in [4.69, 9.17) is 0 Å². The van der Waals surface area contributed by atoms with E-state index in [1.54, 1.807) is 18.6 Å². The Morgan fingerprint density at radius 1 is 1.11 bits per heavy atom. The standard InChI is InChI=1S/C21H18N4O2/c26-20-12-17(16-8-4-5-9-18(16)23-20)21(27)24-19(13-25-11-10-22-14-25)15-6-2-1-3-7-15/h1-12,14,19H,13H2,(H,23,26)(H,24,27). The summed E-state index contributed by atoms with van der Waals surface area (Å²) in [7, 11) is 0. The van der Waals surface area contributed by atoms with Crippen molar-refractivity contribution >= 4 is 16.8 Å². The molecule has 0 aliphatic heterocycles. The monoisotopic (exact) mass is 358 g/mol. The molecule has 27 heavy (non-hydrogen) atoms. The number of aromatic amines is 1. The second-order valence-electron chi connectivity index (χ2n) is 6.29. The fourth-order valence-corrected chi connectivity index (χ4v) is 3.15. The number of hydrogen-bond donors (Lipinski definition) is 2. The highest BCUT2D eigenvalue weighted by Gasteiger charge is 2.18. The van der Waals surface area contributed by atoms with Gasteiger partial charge in [0.05, 0.1) is 17.9 Å². The lowest BCUT2D eigenvalue weighted by Crippen LogP contribution is -2.32. The minimum Gasteiger partial charge on any atom is -0.343 e. The molecule has 0 bridgehead atoms. The third-order valence-corrected chi connectivity index (χ3v) is 4.46. The van der Waals surface area contributed by atoms with Crippen molar-refractivity contribution in [3.05, 3.63) is 101 Å². The number of nitrogens with zero attached hydrogens (tertiary/aromatic N) is 2. The third-order valence-electron chi connectivity index (χ3n) is 4.46. The van der Waals surface area contributed by atoms with Crippen LogP contribution in [-0.2, 0) is 6.54 Å². The lowest BCUT2D eigenvalue weighted by atomic mass is 10.0. The van der Waals surface area contributed by atoms with Crippen molar-refractivity contribution in [2.24, 2.45) is 0 Å². The molecule has 0 saturated carbocycles. The normalized spacial score (nSPS) is 12.0. The first-order valence-electron chi connectivity index (χ1n) is 8.64. The summed E-state index contributed by atoms with van der Waals surface area (Å²) in [6, 6.07) is 18.1. The Kier molecular flexibility index (Phi) is 4.53. The minimum absolute atomic E-state index is 0.258. The van der Waals surface area contributed by atoms with Gasteiger partial charge < -0.3 is 14.9 Å². The Morgan fingerprint density at radius 3 is 2.67 bits per heavy atom. The smallest absolute Gasteiger partial charge is 0.252 e. The van der Waals surface area contributed by atoms with Gasteiger partial charge in [0.2, 0.25) is 5.56 Å². The van der Waals surface area contributed by atoms with Gasteiger partial charge in [-0.05, 0) is 11.6 Å². The number of hydrogen-bond acceptors (Lipinski definition) is 3. The van der Waals surface area contributed by atoms with Crippen LogP contribution in [0.5, 0.6) is 0 Å². The van der Waals surface area contributed by atoms with Gasteiger partial charge in [0.15, 0.2) is 0 Å². The molecule has 2 aromatic carbocycles. The van der Waals surface area contributed by atoms with Gasteiger partial charge in [-0.15, -0.1) is 0 Å². The molecular weight excluding hydrogens is 340 g/mol. The second-order valence-corrected chi connectivity index (χ2v) is 6.29. The van der Waals surface area contributed by atoms with Crippen LogP contribution in [0.3, 0.4) is 0 Å². The van der Waals surface area contributed by atoms with E-state index in [1.807, 2.05) is 59.3 Å². The minimum atomic E-state index is -0.301. The van der Waals surface area contributed by atoms with Gasteiger partial charge in [-0.2, -0.15) is 0 Å². The quantitative estimate of drug-likeness (QED) is 0.576. The summed E-state index contributed by atoms with van der Waals surface area (Å²) in [4.78, 5) is 31.8. The Balaban J connectivity index is 1.69. The predicted octanol–water partition coefficient (Wildman–Crippen LogP) is 2.90. The van der Waals surface area contributed by atoms with Crippen molar-refractivity contribution < 1.29 is 4.79 Å². The summed E-state index contributed by atoms with van der Waals surface area (Å²) in [6.07, 6.45) is 5.27. The fraction of sp³-hybridized carbons (Fsp3) is 0.0952. The topological polar surface area (TPSA) is 79.8 Å². The molecule has 0 saturated heterocycles. The summed E-state index contributed by atoms with van der Waals surface area (Å²) in [5.41, 5.74) is 1.68. The lowest BCUT2D eigenvalue weighted by molar-refractivity contribution is 0.0934. The second kappa shape index (κ2) is 7.29. The number of rotatable bonds is 5. The summed E-state index contributed by atoms with van der Waals surface area (Å²) in [6.45, 7) is 0.539. The molecule has 2 N–H and O–H groups in total. The molecule has 0 radical (unpaired) electrons. The Morgan fingerprint density at radius 2 is 1.89 bits per heavy atom. The first-order chi connectivity index (χ1) is 13.2. The van der Waals surface area contributed by atoms with Crippen LogP contribution in [0.2, 0.25) is 0 Å². The molecule has 6 nitrogen and oxygen atoms in total. The van der Waals surface area contributed by atoms with Crippen LogP contribution in [0, 0.1) is 0 Å². The molecule has 134 valence electrons. The molecule has 2 aromatic heterocycles. The van der Waals surface area contributed by atoms with E-state index in [0.29, 0.717) is 23.0 Å². The van der Waals surface area contributed by atoms with Crippen LogP contribution >= 0.6 is 0 Å². The molecule has 1 atom stereocenters. The Bertz CT molecular complexity index is 1120. The lowest BCUT2D eigenvalue weighted by Gasteiger charge is -2.20. The number of carbonyl (C=O) groups is 1. The van der Waals surface area contributed by atoms with E-state index in [0.717, 1.165) is 5.56 Å². The molecule has 2 heterocycles. The third kappa shape index (κ3) is 3.64. The van der Waals surface area contributed by atoms with Gasteiger partial charge in [-0.1, -0.05) is 48.5 Å². The Hall–Kier alpha value is -3.67. The maximum absolute atomic E-state index is 13.0. The molecule has 6 heteroatoms. The molecule has 0 aliphatic carbocycles. The van der Waals surface area contributed by atoms with Gasteiger partial charge in [-0.3, -0.25) is 9.59 Å². The van der Waals surface area contributed by atoms with E-state index >= 15 is 0 Å². The highest BCUT2D eigenvalue weighted by Crippen LogP contribution is 2.19. The van der Waals surface area contributed by atoms with Crippen molar-refractivity contribution in [3.63, 3.8) is 0 Å². The zero-order valence-corrected chi connectivity index (χ0v) is 14.5. The average Bonchev–Trinajstić information content (AvgIpc) is 3.20. The molecule has 0 spiro atoms. The van der Waals surface area contributed by atoms with E-state index in [9.17, 15) is 9.59 Å². The van der Waals surface area contributed by atoms with Gasteiger partial charge in [0.25, 0.3) is 5.91 Å². The number of nitrogens with one attached hydrogen (secondary N) is 2. The van der Waals surface area contributed by atoms with Gasteiger partial charge in [0, 0.05) is 35.9 Å². The van der Waals surface area contributed by atoms with E-state index in [1.165, 1.54) is 6.07 Å². The number of pyridine rings is 1. The number of H-pyrrole nitrogens is 1. The van der Waals surface area contributed by atoms with Crippen molar-refractivity contribution in [3.8, 4) is 0 Å². The molecule has 1 unspecified atom stereocenters. The number of benzene rings is 2. The van der Waals surface area contributed by atoms with Crippen LogP contribution in [0.25, 0.3) is 10.9 Å². The van der Waals surface area contributed by atoms with E-state index in [2.05, 4.69) is 15.3 Å². The molecule has 0 fully saturated rings. The summed E-state index contributed by atoms with van der Waals surface area (Å²) >= 11 is 0. The number of fused-ring (bicyclic) bond motifs is 1. The zero-order valence-electron chi connectivity index (χ0n) is 14.5. The molecule has 0 aliphatic rings. The van der Waals surface area contributed by atoms with Crippen molar-refractivity contribution in [2.75, 3.05) is 0 Å². The molecule has 1 amide bonds. The van der Waals surface area contributed by atoms with Gasteiger partial charge >= 0.3 is 0 Å². The number of carbonyl (C=O) groups excluding carboxylic acids is 1. The van der Waals surface area contributed by atoms with Crippen molar-refractivity contribution in [2.45, 2.75) is 12.6 Å². The maximum Gasteiger partial charge on any atom is 0.252 e. The van der Waals surface area contributed by atoms with Crippen LogP contribution in [0.15, 0.2) is 84.2 Å². The summed E-state index contributed by atoms with van der Waals surface area (Å²) in [5.74, 6) is -0.286. The largest absolute Gasteiger partial charge is 0.343 e. The van der Waals surface area contributed by atoms with Crippen LogP contribution in [-0.4, -0.2) is 20.4 Å². The fourth-order valence-electron chi connectivity index (χ4n) is 3.15. The highest BCUT2D eigenvalue weighted by atomic mass is 16.2. The molecule has 4 aromatic rings. The predicted molar refractivity (Wildman–Crippen MR) is 103 cm³/mol. The van der Waals surface area contributed by atoms with Crippen LogP contribution in [0.1, 0.15) is 22.0 Å². The number of amides is 1. The Labute approximate surface area is 155 Å². The SMILES string of the molecule is O=C(NC(Cn1ccnc1)c1ccccc1)c1cc(=O)[nH]c2ccccc12. The van der Waals surface area contributed by atoms with Crippen molar-refractivity contribution in [1.82, 2.24) is 19.9 Å². The number of imidazole rings is 1. The van der Waals surface area contributed by atoms with Gasteiger partial charge in [-0.25, -0.2) is 4.98 Å². The zero-order chi connectivity index (χ0) is 18.6. The highest BCUT2D eigenvalue weighted by molar-refractivity contribution is 6.06. The number of para-hydroxylation sites is 1. The van der Waals surface area contributed by atoms with Crippen LogP contribution in [0.4, 0.5) is 0 Å². The number of aromatic nitrogens is 3. The van der Waals surface area contributed by atoms with Crippen molar-refractivity contribution in [1.29, 1.82) is 0 Å². The van der Waals surface area contributed by atoms with Gasteiger partial charge in [0.1, 0.15) is 0 Å². The first-order valence-corrected chi connectivity index (χ1v) is 8.64. The maximum atomic E-state index is 13.0.